The first-order valence-corrected chi connectivity index (χ1v) is 8.20. The van der Waals surface area contributed by atoms with Crippen molar-refractivity contribution in [2.24, 2.45) is 0 Å². The zero-order chi connectivity index (χ0) is 18.5. The van der Waals surface area contributed by atoms with Gasteiger partial charge in [-0.15, -0.1) is 0 Å². The van der Waals surface area contributed by atoms with Crippen LogP contribution >= 0.6 is 0 Å². The van der Waals surface area contributed by atoms with Crippen LogP contribution in [-0.2, 0) is 6.54 Å². The molecule has 2 aromatic rings. The van der Waals surface area contributed by atoms with Gasteiger partial charge in [0.2, 0.25) is 0 Å². The molecular weight excluding hydrogens is 346 g/mol. The van der Waals surface area contributed by atoms with E-state index < -0.39 is 11.5 Å². The number of benzene rings is 1. The number of anilines is 2. The number of aromatic nitrogens is 1. The maximum absolute atomic E-state index is 12.6. The van der Waals surface area contributed by atoms with Crippen LogP contribution in [0.15, 0.2) is 36.5 Å². The fourth-order valence-corrected chi connectivity index (χ4v) is 2.85. The summed E-state index contributed by atoms with van der Waals surface area (Å²) in [4.78, 5) is 16.7. The lowest BCUT2D eigenvalue weighted by molar-refractivity contribution is -0.385. The van der Waals surface area contributed by atoms with Gasteiger partial charge in [0.15, 0.2) is 5.75 Å². The number of hydrogen-bond donors (Lipinski definition) is 1. The zero-order valence-electron chi connectivity index (χ0n) is 13.9. The van der Waals surface area contributed by atoms with Crippen LogP contribution in [0.1, 0.15) is 18.4 Å². The number of non-ortho nitro benzene ring substituents is 1. The van der Waals surface area contributed by atoms with Gasteiger partial charge in [0.05, 0.1) is 16.7 Å². The predicted octanol–water partition coefficient (Wildman–Crippen LogP) is 3.80. The molecule has 0 saturated carbocycles. The Morgan fingerprint density at radius 2 is 2.04 bits per heavy atom. The fourth-order valence-electron chi connectivity index (χ4n) is 2.85. The Bertz CT molecular complexity index is 782. The van der Waals surface area contributed by atoms with Crippen molar-refractivity contribution >= 4 is 17.2 Å². The van der Waals surface area contributed by atoms with Crippen LogP contribution in [0.4, 0.5) is 26.0 Å². The Morgan fingerprint density at radius 3 is 2.73 bits per heavy atom. The highest BCUT2D eigenvalue weighted by atomic mass is 19.3. The Labute approximate surface area is 148 Å². The maximum atomic E-state index is 12.6. The number of nitrogens with one attached hydrogen (secondary N) is 1. The molecule has 0 spiro atoms. The topological polar surface area (TPSA) is 80.5 Å². The molecule has 1 aromatic heterocycles. The highest BCUT2D eigenvalue weighted by Gasteiger charge is 2.16. The van der Waals surface area contributed by atoms with Crippen molar-refractivity contribution in [3.05, 3.63) is 52.2 Å². The molecule has 3 rings (SSSR count). The van der Waals surface area contributed by atoms with Gasteiger partial charge in [0.1, 0.15) is 5.82 Å². The van der Waals surface area contributed by atoms with Crippen molar-refractivity contribution in [3.63, 3.8) is 0 Å². The van der Waals surface area contributed by atoms with Gasteiger partial charge in [-0.05, 0) is 36.6 Å². The molecule has 1 aliphatic rings. The molecule has 0 atom stereocenters. The number of nitrogens with zero attached hydrogens (tertiary/aromatic N) is 3. The van der Waals surface area contributed by atoms with Gasteiger partial charge in [-0.1, -0.05) is 0 Å². The first-order valence-electron chi connectivity index (χ1n) is 8.20. The molecule has 0 amide bonds. The zero-order valence-corrected chi connectivity index (χ0v) is 13.9. The van der Waals surface area contributed by atoms with Crippen LogP contribution in [0, 0.1) is 10.1 Å². The lowest BCUT2D eigenvalue weighted by Gasteiger charge is -2.17. The van der Waals surface area contributed by atoms with Crippen molar-refractivity contribution in [2.45, 2.75) is 26.0 Å². The first kappa shape index (κ1) is 17.8. The number of pyridine rings is 1. The molecule has 1 fully saturated rings. The number of nitro groups is 1. The second-order valence-corrected chi connectivity index (χ2v) is 5.89. The van der Waals surface area contributed by atoms with E-state index in [1.54, 1.807) is 6.20 Å². The van der Waals surface area contributed by atoms with Crippen LogP contribution < -0.4 is 15.0 Å². The standard InChI is InChI=1S/C17H18F2N4O3/c18-17(19)26-15-10-13(23(24)25)3-4-14(15)21-11-12-5-6-20-16(9-12)22-7-1-2-8-22/h3-6,9-10,17,21H,1-2,7-8,11H2. The third kappa shape index (κ3) is 4.35. The van der Waals surface area contributed by atoms with Gasteiger partial charge >= 0.3 is 6.61 Å². The second kappa shape index (κ2) is 7.94. The molecule has 1 saturated heterocycles. The minimum Gasteiger partial charge on any atom is -0.432 e. The van der Waals surface area contributed by atoms with Crippen molar-refractivity contribution < 1.29 is 18.4 Å². The molecule has 2 heterocycles. The normalized spacial score (nSPS) is 13.9. The SMILES string of the molecule is O=[N+]([O-])c1ccc(NCc2ccnc(N3CCCC3)c2)c(OC(F)F)c1. The van der Waals surface area contributed by atoms with Gasteiger partial charge in [0.25, 0.3) is 5.69 Å². The van der Waals surface area contributed by atoms with Crippen molar-refractivity contribution in [2.75, 3.05) is 23.3 Å². The van der Waals surface area contributed by atoms with E-state index in [-0.39, 0.29) is 17.1 Å². The van der Waals surface area contributed by atoms with E-state index in [1.807, 2.05) is 12.1 Å². The Morgan fingerprint density at radius 1 is 1.27 bits per heavy atom. The van der Waals surface area contributed by atoms with Crippen LogP contribution in [0.3, 0.4) is 0 Å². The second-order valence-electron chi connectivity index (χ2n) is 5.89. The fraction of sp³-hybridized carbons (Fsp3) is 0.353. The molecule has 0 aliphatic carbocycles. The lowest BCUT2D eigenvalue weighted by atomic mass is 10.2. The molecule has 7 nitrogen and oxygen atoms in total. The van der Waals surface area contributed by atoms with Crippen LogP contribution in [-0.4, -0.2) is 29.6 Å². The van der Waals surface area contributed by atoms with Gasteiger partial charge in [-0.3, -0.25) is 10.1 Å². The number of halogens is 2. The molecule has 9 heteroatoms. The highest BCUT2D eigenvalue weighted by Crippen LogP contribution is 2.31. The van der Waals surface area contributed by atoms with Crippen molar-refractivity contribution in [1.82, 2.24) is 4.98 Å². The third-order valence-corrected chi connectivity index (χ3v) is 4.12. The maximum Gasteiger partial charge on any atom is 0.387 e. The number of hydrogen-bond acceptors (Lipinski definition) is 6. The highest BCUT2D eigenvalue weighted by molar-refractivity contribution is 5.61. The molecule has 138 valence electrons. The smallest absolute Gasteiger partial charge is 0.387 e. The molecular formula is C17H18F2N4O3. The van der Waals surface area contributed by atoms with E-state index in [4.69, 9.17) is 0 Å². The van der Waals surface area contributed by atoms with Gasteiger partial charge in [-0.25, -0.2) is 4.98 Å². The summed E-state index contributed by atoms with van der Waals surface area (Å²) in [7, 11) is 0. The largest absolute Gasteiger partial charge is 0.432 e. The number of rotatable bonds is 7. The first-order chi connectivity index (χ1) is 12.5. The summed E-state index contributed by atoms with van der Waals surface area (Å²) in [5.41, 5.74) is 0.866. The molecule has 26 heavy (non-hydrogen) atoms. The van der Waals surface area contributed by atoms with Gasteiger partial charge < -0.3 is 15.0 Å². The van der Waals surface area contributed by atoms with E-state index in [2.05, 4.69) is 19.9 Å². The summed E-state index contributed by atoms with van der Waals surface area (Å²) in [5.74, 6) is 0.623. The summed E-state index contributed by atoms with van der Waals surface area (Å²) in [6.07, 6.45) is 3.99. The monoisotopic (exact) mass is 364 g/mol. The summed E-state index contributed by atoms with van der Waals surface area (Å²) in [5, 5.41) is 13.8. The van der Waals surface area contributed by atoms with E-state index >= 15 is 0 Å². The molecule has 1 aliphatic heterocycles. The Balaban J connectivity index is 1.74. The summed E-state index contributed by atoms with van der Waals surface area (Å²) < 4.78 is 29.6. The summed E-state index contributed by atoms with van der Waals surface area (Å²) >= 11 is 0. The molecule has 0 unspecified atom stereocenters. The average molecular weight is 364 g/mol. The predicted molar refractivity (Wildman–Crippen MR) is 92.7 cm³/mol. The van der Waals surface area contributed by atoms with E-state index in [0.717, 1.165) is 43.4 Å². The molecule has 0 radical (unpaired) electrons. The van der Waals surface area contributed by atoms with Crippen LogP contribution in [0.5, 0.6) is 5.75 Å². The number of alkyl halides is 2. The van der Waals surface area contributed by atoms with E-state index in [0.29, 0.717) is 6.54 Å². The van der Waals surface area contributed by atoms with E-state index in [9.17, 15) is 18.9 Å². The lowest BCUT2D eigenvalue weighted by Crippen LogP contribution is -2.19. The molecule has 1 aromatic carbocycles. The quantitative estimate of drug-likeness (QED) is 0.594. The van der Waals surface area contributed by atoms with Crippen LogP contribution in [0.25, 0.3) is 0 Å². The Kier molecular flexibility index (Phi) is 5.45. The summed E-state index contributed by atoms with van der Waals surface area (Å²) in [6.45, 7) is -0.780. The van der Waals surface area contributed by atoms with Gasteiger partial charge in [0, 0.05) is 31.9 Å². The summed E-state index contributed by atoms with van der Waals surface area (Å²) in [6, 6.07) is 7.35. The van der Waals surface area contributed by atoms with Crippen molar-refractivity contribution in [1.29, 1.82) is 0 Å². The van der Waals surface area contributed by atoms with Crippen LogP contribution in [0.2, 0.25) is 0 Å². The Hall–Kier alpha value is -2.97. The average Bonchev–Trinajstić information content (AvgIpc) is 3.15. The minimum absolute atomic E-state index is 0.260. The van der Waals surface area contributed by atoms with Gasteiger partial charge in [-0.2, -0.15) is 8.78 Å². The number of ether oxygens (including phenoxy) is 1. The van der Waals surface area contributed by atoms with Crippen molar-refractivity contribution in [3.8, 4) is 5.75 Å². The molecule has 1 N–H and O–H groups in total. The van der Waals surface area contributed by atoms with E-state index in [1.165, 1.54) is 12.1 Å². The number of nitro benzene ring substituents is 1. The molecule has 0 bridgehead atoms. The minimum atomic E-state index is -3.07. The third-order valence-electron chi connectivity index (χ3n) is 4.12.